The van der Waals surface area contributed by atoms with Crippen molar-refractivity contribution >= 4 is 0 Å². The van der Waals surface area contributed by atoms with E-state index >= 15 is 0 Å². The van der Waals surface area contributed by atoms with Gasteiger partial charge in [-0.3, -0.25) is 5.10 Å². The van der Waals surface area contributed by atoms with E-state index in [0.29, 0.717) is 6.04 Å². The van der Waals surface area contributed by atoms with Gasteiger partial charge in [0.25, 0.3) is 0 Å². The van der Waals surface area contributed by atoms with Crippen LogP contribution in [0.5, 0.6) is 0 Å². The average molecular weight is 285 g/mol. The molecule has 3 heteroatoms. The van der Waals surface area contributed by atoms with Crippen LogP contribution in [0.15, 0.2) is 30.3 Å². The zero-order valence-electron chi connectivity index (χ0n) is 13.4. The first kappa shape index (κ1) is 15.8. The number of nitrogens with zero attached hydrogens (tertiary/aromatic N) is 1. The zero-order valence-corrected chi connectivity index (χ0v) is 13.4. The van der Waals surface area contributed by atoms with Crippen LogP contribution in [0, 0.1) is 13.8 Å². The second-order valence-electron chi connectivity index (χ2n) is 5.90. The fourth-order valence-electron chi connectivity index (χ4n) is 2.69. The normalized spacial score (nSPS) is 12.5. The van der Waals surface area contributed by atoms with Crippen molar-refractivity contribution in [1.82, 2.24) is 15.5 Å². The second-order valence-corrected chi connectivity index (χ2v) is 5.90. The van der Waals surface area contributed by atoms with Crippen molar-refractivity contribution in [2.24, 2.45) is 0 Å². The summed E-state index contributed by atoms with van der Waals surface area (Å²) in [6.45, 7) is 7.53. The minimum atomic E-state index is 0.566. The number of aromatic nitrogens is 2. The lowest BCUT2D eigenvalue weighted by atomic mass is 10.1. The lowest BCUT2D eigenvalue weighted by Crippen LogP contribution is -2.27. The smallest absolute Gasteiger partial charge is 0.0625 e. The van der Waals surface area contributed by atoms with Gasteiger partial charge in [-0.05, 0) is 64.1 Å². The number of benzene rings is 1. The van der Waals surface area contributed by atoms with E-state index in [4.69, 9.17) is 0 Å². The number of hydrogen-bond acceptors (Lipinski definition) is 2. The van der Waals surface area contributed by atoms with Gasteiger partial charge in [-0.25, -0.2) is 0 Å². The lowest BCUT2D eigenvalue weighted by molar-refractivity contribution is 0.506. The van der Waals surface area contributed by atoms with E-state index in [-0.39, 0.29) is 0 Å². The molecule has 114 valence electrons. The van der Waals surface area contributed by atoms with Crippen LogP contribution < -0.4 is 5.32 Å². The van der Waals surface area contributed by atoms with Crippen molar-refractivity contribution in [3.63, 3.8) is 0 Å². The van der Waals surface area contributed by atoms with Gasteiger partial charge in [0.05, 0.1) is 5.69 Å². The Hall–Kier alpha value is -1.61. The maximum Gasteiger partial charge on any atom is 0.0625 e. The lowest BCUT2D eigenvalue weighted by Gasteiger charge is -2.13. The number of aryl methyl sites for hydroxylation is 3. The quantitative estimate of drug-likeness (QED) is 0.728. The Kier molecular flexibility index (Phi) is 6.00. The molecule has 1 aromatic heterocycles. The van der Waals surface area contributed by atoms with E-state index in [1.165, 1.54) is 23.2 Å². The summed E-state index contributed by atoms with van der Waals surface area (Å²) in [5.74, 6) is 0. The minimum Gasteiger partial charge on any atom is -0.314 e. The molecule has 0 spiro atoms. The fraction of sp³-hybridized carbons (Fsp3) is 0.500. The molecule has 2 rings (SSSR count). The molecule has 0 bridgehead atoms. The third-order valence-corrected chi connectivity index (χ3v) is 4.09. The molecule has 0 radical (unpaired) electrons. The molecule has 1 atom stereocenters. The minimum absolute atomic E-state index is 0.566. The van der Waals surface area contributed by atoms with E-state index in [9.17, 15) is 0 Å². The summed E-state index contributed by atoms with van der Waals surface area (Å²) in [7, 11) is 0. The van der Waals surface area contributed by atoms with E-state index < -0.39 is 0 Å². The van der Waals surface area contributed by atoms with Crippen LogP contribution in [0.3, 0.4) is 0 Å². The Balaban J connectivity index is 1.62. The first-order valence-corrected chi connectivity index (χ1v) is 7.94. The Morgan fingerprint density at radius 2 is 1.90 bits per heavy atom. The van der Waals surface area contributed by atoms with Crippen LogP contribution in [0.25, 0.3) is 0 Å². The summed E-state index contributed by atoms with van der Waals surface area (Å²) in [6, 6.07) is 11.3. The number of hydrogen-bond donors (Lipinski definition) is 2. The molecule has 0 aliphatic carbocycles. The van der Waals surface area contributed by atoms with Crippen molar-refractivity contribution < 1.29 is 0 Å². The number of H-pyrrole nitrogens is 1. The third kappa shape index (κ3) is 5.01. The molecular formula is C18H27N3. The highest BCUT2D eigenvalue weighted by molar-refractivity contribution is 5.23. The number of nitrogens with one attached hydrogen (secondary N) is 2. The van der Waals surface area contributed by atoms with Gasteiger partial charge in [-0.2, -0.15) is 5.10 Å². The van der Waals surface area contributed by atoms with Gasteiger partial charge < -0.3 is 5.32 Å². The van der Waals surface area contributed by atoms with Gasteiger partial charge in [-0.1, -0.05) is 30.3 Å². The molecule has 2 N–H and O–H groups in total. The fourth-order valence-corrected chi connectivity index (χ4v) is 2.69. The summed E-state index contributed by atoms with van der Waals surface area (Å²) in [5, 5.41) is 10.9. The standard InChI is InChI=1S/C18H27N3/c1-14(11-12-17-8-5-4-6-9-17)19-13-7-10-18-15(2)20-21-16(18)3/h4-6,8-9,14,19H,7,10-13H2,1-3H3,(H,20,21). The molecule has 1 heterocycles. The van der Waals surface area contributed by atoms with Gasteiger partial charge >= 0.3 is 0 Å². The summed E-state index contributed by atoms with van der Waals surface area (Å²) < 4.78 is 0. The molecule has 1 aromatic carbocycles. The summed E-state index contributed by atoms with van der Waals surface area (Å²) in [5.41, 5.74) is 5.17. The molecule has 3 nitrogen and oxygen atoms in total. The first-order valence-electron chi connectivity index (χ1n) is 7.94. The van der Waals surface area contributed by atoms with Crippen molar-refractivity contribution in [3.8, 4) is 0 Å². The highest BCUT2D eigenvalue weighted by atomic mass is 15.1. The van der Waals surface area contributed by atoms with Crippen molar-refractivity contribution in [2.45, 2.75) is 52.5 Å². The first-order chi connectivity index (χ1) is 10.2. The van der Waals surface area contributed by atoms with Crippen molar-refractivity contribution in [1.29, 1.82) is 0 Å². The second kappa shape index (κ2) is 7.99. The van der Waals surface area contributed by atoms with E-state index in [1.54, 1.807) is 0 Å². The van der Waals surface area contributed by atoms with Gasteiger partial charge in [-0.15, -0.1) is 0 Å². The zero-order chi connectivity index (χ0) is 15.1. The third-order valence-electron chi connectivity index (χ3n) is 4.09. The van der Waals surface area contributed by atoms with Gasteiger partial charge in [0.2, 0.25) is 0 Å². The molecule has 1 unspecified atom stereocenters. The van der Waals surface area contributed by atoms with Crippen LogP contribution in [0.4, 0.5) is 0 Å². The molecular weight excluding hydrogens is 258 g/mol. The summed E-state index contributed by atoms with van der Waals surface area (Å²) >= 11 is 0. The van der Waals surface area contributed by atoms with Gasteiger partial charge in [0, 0.05) is 11.7 Å². The monoisotopic (exact) mass is 285 g/mol. The Morgan fingerprint density at radius 3 is 2.57 bits per heavy atom. The topological polar surface area (TPSA) is 40.7 Å². The maximum absolute atomic E-state index is 4.25. The summed E-state index contributed by atoms with van der Waals surface area (Å²) in [6.07, 6.45) is 4.60. The van der Waals surface area contributed by atoms with Crippen molar-refractivity contribution in [2.75, 3.05) is 6.54 Å². The van der Waals surface area contributed by atoms with Crippen LogP contribution in [0.1, 0.15) is 42.3 Å². The Morgan fingerprint density at radius 1 is 1.14 bits per heavy atom. The van der Waals surface area contributed by atoms with Crippen molar-refractivity contribution in [3.05, 3.63) is 52.8 Å². The highest BCUT2D eigenvalue weighted by Gasteiger charge is 2.06. The molecule has 21 heavy (non-hydrogen) atoms. The molecule has 0 aliphatic heterocycles. The summed E-state index contributed by atoms with van der Waals surface area (Å²) in [4.78, 5) is 0. The average Bonchev–Trinajstić information content (AvgIpc) is 2.82. The van der Waals surface area contributed by atoms with E-state index in [1.807, 2.05) is 0 Å². The maximum atomic E-state index is 4.25. The molecule has 0 saturated heterocycles. The van der Waals surface area contributed by atoms with Gasteiger partial charge in [0.1, 0.15) is 0 Å². The SMILES string of the molecule is Cc1n[nH]c(C)c1CCCNC(C)CCc1ccccc1. The van der Waals surface area contributed by atoms with Crippen LogP contribution in [-0.2, 0) is 12.8 Å². The molecule has 0 fully saturated rings. The van der Waals surface area contributed by atoms with Crippen LogP contribution >= 0.6 is 0 Å². The Bertz CT molecular complexity index is 511. The molecule has 0 amide bonds. The van der Waals surface area contributed by atoms with E-state index in [2.05, 4.69) is 66.6 Å². The molecule has 0 aliphatic rings. The highest BCUT2D eigenvalue weighted by Crippen LogP contribution is 2.11. The predicted octanol–water partition coefficient (Wildman–Crippen LogP) is 3.57. The largest absolute Gasteiger partial charge is 0.314 e. The van der Waals surface area contributed by atoms with E-state index in [0.717, 1.165) is 31.5 Å². The molecule has 0 saturated carbocycles. The predicted molar refractivity (Wildman–Crippen MR) is 88.6 cm³/mol. The van der Waals surface area contributed by atoms with Crippen LogP contribution in [-0.4, -0.2) is 22.8 Å². The molecule has 2 aromatic rings. The van der Waals surface area contributed by atoms with Crippen LogP contribution in [0.2, 0.25) is 0 Å². The number of rotatable bonds is 8. The Labute approximate surface area is 128 Å². The number of aromatic amines is 1. The van der Waals surface area contributed by atoms with Gasteiger partial charge in [0.15, 0.2) is 0 Å².